The predicted octanol–water partition coefficient (Wildman–Crippen LogP) is 2.27. The third-order valence-corrected chi connectivity index (χ3v) is 8.75. The van der Waals surface area contributed by atoms with Crippen LogP contribution in [0.3, 0.4) is 0 Å². The maximum absolute atomic E-state index is 12.7. The highest BCUT2D eigenvalue weighted by Gasteiger charge is 2.52. The Balaban J connectivity index is 1.62. The van der Waals surface area contributed by atoms with Gasteiger partial charge in [0, 0.05) is 12.6 Å². The first-order valence-electron chi connectivity index (χ1n) is 13.3. The van der Waals surface area contributed by atoms with E-state index in [1.165, 1.54) is 24.6 Å². The van der Waals surface area contributed by atoms with Crippen molar-refractivity contribution < 1.29 is 29.7 Å². The van der Waals surface area contributed by atoms with Gasteiger partial charge in [-0.2, -0.15) is 0 Å². The van der Waals surface area contributed by atoms with Crippen molar-refractivity contribution in [3.8, 4) is 0 Å². The van der Waals surface area contributed by atoms with Gasteiger partial charge >= 0.3 is 0 Å². The highest BCUT2D eigenvalue weighted by Crippen LogP contribution is 2.57. The summed E-state index contributed by atoms with van der Waals surface area (Å²) in [5.74, 6) is 0.00864. The lowest BCUT2D eigenvalue weighted by molar-refractivity contribution is -0.118. The Morgan fingerprint density at radius 3 is 2.46 bits per heavy atom. The van der Waals surface area contributed by atoms with Crippen molar-refractivity contribution in [1.29, 1.82) is 0 Å². The quantitative estimate of drug-likeness (QED) is 0.344. The number of nitrogens with one attached hydrogen (secondary N) is 2. The van der Waals surface area contributed by atoms with Gasteiger partial charge in [0.15, 0.2) is 5.78 Å². The highest BCUT2D eigenvalue weighted by atomic mass is 16.3. The summed E-state index contributed by atoms with van der Waals surface area (Å²) in [5.41, 5.74) is -0.412. The third-order valence-electron chi connectivity index (χ3n) is 8.75. The molecule has 0 radical (unpaired) electrons. The van der Waals surface area contributed by atoms with Gasteiger partial charge in [0.25, 0.3) is 5.91 Å². The minimum Gasteiger partial charge on any atom is -0.507 e. The van der Waals surface area contributed by atoms with Crippen molar-refractivity contribution in [3.05, 3.63) is 59.9 Å². The minimum absolute atomic E-state index is 0.0293. The fourth-order valence-electron chi connectivity index (χ4n) is 6.96. The molecule has 0 aromatic heterocycles. The number of hydrogen-bond donors (Lipinski definition) is 5. The van der Waals surface area contributed by atoms with Crippen LogP contribution in [0.25, 0.3) is 0 Å². The Kier molecular flexibility index (Phi) is 8.49. The number of amides is 2. The molecule has 0 spiro atoms. The largest absolute Gasteiger partial charge is 0.507 e. The number of aliphatic hydroxyl groups is 3. The number of aliphatic hydroxyl groups excluding tert-OH is 3. The molecule has 0 aromatic rings. The maximum atomic E-state index is 12.7. The second-order valence-corrected chi connectivity index (χ2v) is 10.8. The molecule has 5 N–H and O–H groups in total. The molecule has 4 rings (SSSR count). The molecule has 0 unspecified atom stereocenters. The SMILES string of the molecule is CC[C@H]1C[C@@H]2C[C@H]3/C=C\C=C\C(=O)NCC[C@H](O)[C@@H]4NC(=O)/C(=C(O)/C=C/C=C/[C@H](O)[C@H]3[C@@H]2[C@H]1C)C4=O. The van der Waals surface area contributed by atoms with Crippen LogP contribution in [0.1, 0.15) is 39.5 Å². The van der Waals surface area contributed by atoms with E-state index in [9.17, 15) is 29.7 Å². The number of hydrogen-bond acceptors (Lipinski definition) is 6. The van der Waals surface area contributed by atoms with Crippen LogP contribution in [-0.2, 0) is 14.4 Å². The van der Waals surface area contributed by atoms with E-state index < -0.39 is 41.3 Å². The molecule has 2 bridgehead atoms. The Morgan fingerprint density at radius 1 is 0.973 bits per heavy atom. The molecule has 200 valence electrons. The summed E-state index contributed by atoms with van der Waals surface area (Å²) in [6, 6.07) is -1.19. The molecule has 2 heterocycles. The van der Waals surface area contributed by atoms with Crippen LogP contribution in [-0.4, -0.2) is 57.7 Å². The monoisotopic (exact) mass is 510 g/mol. The Hall–Kier alpha value is -2.97. The minimum atomic E-state index is -1.22. The van der Waals surface area contributed by atoms with Gasteiger partial charge in [-0.1, -0.05) is 56.7 Å². The van der Waals surface area contributed by atoms with Crippen LogP contribution < -0.4 is 10.6 Å². The molecule has 3 fully saturated rings. The maximum Gasteiger partial charge on any atom is 0.259 e. The average molecular weight is 511 g/mol. The summed E-state index contributed by atoms with van der Waals surface area (Å²) in [6.45, 7) is 4.63. The van der Waals surface area contributed by atoms with Crippen LogP contribution in [0.4, 0.5) is 0 Å². The van der Waals surface area contributed by atoms with E-state index in [2.05, 4.69) is 30.6 Å². The summed E-state index contributed by atoms with van der Waals surface area (Å²) in [4.78, 5) is 37.2. The van der Waals surface area contributed by atoms with Crippen molar-refractivity contribution in [3.63, 3.8) is 0 Å². The Labute approximate surface area is 217 Å². The molecule has 2 amide bonds. The standard InChI is InChI=1S/C29H38N2O6/c1-3-17-14-19-15-18-8-4-7-11-23(35)30-13-12-22(34)27-28(36)26(29(37)31-27)21(33)10-6-5-9-20(32)25(18)24(19)16(17)2/h4-11,16-20,22,24-25,27,32-34H,3,12-15H2,1-2H3,(H,30,35)(H,31,37)/b8-4-,9-5+,10-6+,11-7+,26-21-/t16-,17-,18+,19+,20-,22-,24+,25-,27-/m0/s1. The Bertz CT molecular complexity index is 1060. The van der Waals surface area contributed by atoms with E-state index in [-0.39, 0.29) is 30.7 Å². The van der Waals surface area contributed by atoms with E-state index in [1.54, 1.807) is 18.2 Å². The summed E-state index contributed by atoms with van der Waals surface area (Å²) >= 11 is 0. The summed E-state index contributed by atoms with van der Waals surface area (Å²) < 4.78 is 0. The third kappa shape index (κ3) is 5.65. The van der Waals surface area contributed by atoms with Gasteiger partial charge in [-0.05, 0) is 60.8 Å². The molecule has 1 saturated heterocycles. The molecule has 8 heteroatoms. The fourth-order valence-corrected chi connectivity index (χ4v) is 6.96. The van der Waals surface area contributed by atoms with Crippen LogP contribution in [0.2, 0.25) is 0 Å². The summed E-state index contributed by atoms with van der Waals surface area (Å²) in [5, 5.41) is 37.1. The van der Waals surface area contributed by atoms with Crippen LogP contribution >= 0.6 is 0 Å². The zero-order valence-corrected chi connectivity index (χ0v) is 21.4. The number of fused-ring (bicyclic) bond motifs is 5. The van der Waals surface area contributed by atoms with Gasteiger partial charge < -0.3 is 26.0 Å². The van der Waals surface area contributed by atoms with E-state index in [1.807, 2.05) is 6.08 Å². The van der Waals surface area contributed by atoms with Crippen LogP contribution in [0.5, 0.6) is 0 Å². The van der Waals surface area contributed by atoms with Crippen molar-refractivity contribution in [1.82, 2.24) is 10.6 Å². The summed E-state index contributed by atoms with van der Waals surface area (Å²) in [6.07, 6.45) is 14.5. The second-order valence-electron chi connectivity index (χ2n) is 10.8. The molecular formula is C29H38N2O6. The summed E-state index contributed by atoms with van der Waals surface area (Å²) in [7, 11) is 0. The zero-order chi connectivity index (χ0) is 26.7. The van der Waals surface area contributed by atoms with Crippen molar-refractivity contribution in [2.45, 2.75) is 57.8 Å². The molecule has 2 aliphatic carbocycles. The van der Waals surface area contributed by atoms with Crippen molar-refractivity contribution in [2.24, 2.45) is 35.5 Å². The molecule has 2 saturated carbocycles. The molecule has 0 aromatic carbocycles. The number of rotatable bonds is 1. The lowest BCUT2D eigenvalue weighted by atomic mass is 9.76. The molecule has 4 aliphatic rings. The predicted molar refractivity (Wildman–Crippen MR) is 139 cm³/mol. The number of ketones is 1. The number of carbonyl (C=O) groups is 3. The topological polar surface area (TPSA) is 136 Å². The first kappa shape index (κ1) is 27.1. The molecule has 9 atom stereocenters. The van der Waals surface area contributed by atoms with Crippen LogP contribution in [0.15, 0.2) is 59.9 Å². The van der Waals surface area contributed by atoms with E-state index in [0.29, 0.717) is 23.7 Å². The molecular weight excluding hydrogens is 472 g/mol. The zero-order valence-electron chi connectivity index (χ0n) is 21.4. The van der Waals surface area contributed by atoms with Gasteiger partial charge in [-0.25, -0.2) is 0 Å². The van der Waals surface area contributed by atoms with Gasteiger partial charge in [0.1, 0.15) is 17.4 Å². The van der Waals surface area contributed by atoms with Gasteiger partial charge in [-0.15, -0.1) is 0 Å². The Morgan fingerprint density at radius 2 is 1.70 bits per heavy atom. The number of Topliss-reactive ketones (excluding diaryl/α,β-unsaturated/α-hetero) is 1. The number of allylic oxidation sites excluding steroid dienone is 6. The van der Waals surface area contributed by atoms with Crippen molar-refractivity contribution >= 4 is 17.6 Å². The fraction of sp³-hybridized carbons (Fsp3) is 0.552. The lowest BCUT2D eigenvalue weighted by Crippen LogP contribution is -2.42. The normalized spacial score (nSPS) is 44.3. The second kappa shape index (κ2) is 11.6. The van der Waals surface area contributed by atoms with Crippen LogP contribution in [0, 0.1) is 35.5 Å². The first-order chi connectivity index (χ1) is 17.7. The molecule has 8 nitrogen and oxygen atoms in total. The van der Waals surface area contributed by atoms with Gasteiger partial charge in [0.2, 0.25) is 5.91 Å². The van der Waals surface area contributed by atoms with Gasteiger partial charge in [0.05, 0.1) is 12.2 Å². The lowest BCUT2D eigenvalue weighted by Gasteiger charge is -2.30. The van der Waals surface area contributed by atoms with E-state index in [0.717, 1.165) is 12.8 Å². The molecule has 2 aliphatic heterocycles. The average Bonchev–Trinajstić information content (AvgIpc) is 3.48. The van der Waals surface area contributed by atoms with Gasteiger partial charge in [-0.3, -0.25) is 14.4 Å². The number of carbonyl (C=O) groups excluding carboxylic acids is 3. The van der Waals surface area contributed by atoms with Crippen molar-refractivity contribution in [2.75, 3.05) is 6.54 Å². The smallest absolute Gasteiger partial charge is 0.259 e. The molecule has 37 heavy (non-hydrogen) atoms. The van der Waals surface area contributed by atoms with E-state index in [4.69, 9.17) is 0 Å². The van der Waals surface area contributed by atoms with E-state index >= 15 is 0 Å². The highest BCUT2D eigenvalue weighted by molar-refractivity contribution is 6.27. The first-order valence-corrected chi connectivity index (χ1v) is 13.3.